The Morgan fingerprint density at radius 1 is 0.645 bits per heavy atom. The normalized spacial score (nSPS) is 11.0. The number of carbonyl (C=O) groups excluding carboxylic acids is 1. The molecule has 31 heavy (non-hydrogen) atoms. The highest BCUT2D eigenvalue weighted by Gasteiger charge is 2.11. The Hall–Kier alpha value is -1.31. The first kappa shape index (κ1) is 27.7. The molecule has 0 saturated carbocycles. The standard InChI is InChI=1S/C29H51NO/c1-3-5-6-7-8-9-10-11-12-13-14-15-16-17-18-22-27-30(4-2)29(31)26-25-28-23-20-19-21-24-28/h19-21,23-24H,3-18,22,25-27H2,1-2H3. The van der Waals surface area contributed by atoms with Crippen LogP contribution in [0.5, 0.6) is 0 Å². The lowest BCUT2D eigenvalue weighted by molar-refractivity contribution is -0.131. The predicted molar refractivity (Wildman–Crippen MR) is 137 cm³/mol. The second kappa shape index (κ2) is 20.6. The lowest BCUT2D eigenvalue weighted by atomic mass is 10.0. The highest BCUT2D eigenvalue weighted by Crippen LogP contribution is 2.14. The van der Waals surface area contributed by atoms with Crippen LogP contribution in [0.25, 0.3) is 0 Å². The van der Waals surface area contributed by atoms with Crippen molar-refractivity contribution in [2.75, 3.05) is 13.1 Å². The van der Waals surface area contributed by atoms with E-state index in [1.807, 2.05) is 23.1 Å². The number of amides is 1. The van der Waals surface area contributed by atoms with Crippen molar-refractivity contribution < 1.29 is 4.79 Å². The third kappa shape index (κ3) is 16.0. The molecular weight excluding hydrogens is 378 g/mol. The van der Waals surface area contributed by atoms with Crippen LogP contribution in [0, 0.1) is 0 Å². The van der Waals surface area contributed by atoms with Crippen molar-refractivity contribution in [1.29, 1.82) is 0 Å². The molecule has 0 spiro atoms. The van der Waals surface area contributed by atoms with E-state index in [2.05, 4.69) is 26.0 Å². The number of carbonyl (C=O) groups is 1. The van der Waals surface area contributed by atoms with Crippen LogP contribution >= 0.6 is 0 Å². The fraction of sp³-hybridized carbons (Fsp3) is 0.759. The number of hydrogen-bond donors (Lipinski definition) is 0. The third-order valence-corrected chi connectivity index (χ3v) is 6.49. The second-order valence-electron chi connectivity index (χ2n) is 9.26. The van der Waals surface area contributed by atoms with Crippen molar-refractivity contribution in [3.63, 3.8) is 0 Å². The van der Waals surface area contributed by atoms with Crippen LogP contribution < -0.4 is 0 Å². The van der Waals surface area contributed by atoms with Crippen molar-refractivity contribution in [3.8, 4) is 0 Å². The Bertz CT molecular complexity index is 513. The molecule has 1 aromatic rings. The van der Waals surface area contributed by atoms with Gasteiger partial charge in [-0.2, -0.15) is 0 Å². The van der Waals surface area contributed by atoms with Crippen LogP contribution in [0.3, 0.4) is 0 Å². The molecule has 0 bridgehead atoms. The minimum Gasteiger partial charge on any atom is -0.343 e. The Morgan fingerprint density at radius 2 is 1.10 bits per heavy atom. The Morgan fingerprint density at radius 3 is 1.55 bits per heavy atom. The summed E-state index contributed by atoms with van der Waals surface area (Å²) in [5.74, 6) is 0.312. The summed E-state index contributed by atoms with van der Waals surface area (Å²) in [7, 11) is 0. The van der Waals surface area contributed by atoms with Gasteiger partial charge >= 0.3 is 0 Å². The molecule has 0 aliphatic carbocycles. The minimum absolute atomic E-state index is 0.312. The van der Waals surface area contributed by atoms with E-state index < -0.39 is 0 Å². The Labute approximate surface area is 194 Å². The SMILES string of the molecule is CCCCCCCCCCCCCCCCCCN(CC)C(=O)CCc1ccccc1. The molecule has 2 nitrogen and oxygen atoms in total. The smallest absolute Gasteiger partial charge is 0.222 e. The number of unbranched alkanes of at least 4 members (excludes halogenated alkanes) is 15. The van der Waals surface area contributed by atoms with E-state index in [9.17, 15) is 4.79 Å². The molecule has 0 atom stereocenters. The molecule has 1 rings (SSSR count). The molecule has 0 aromatic heterocycles. The predicted octanol–water partition coefficient (Wildman–Crippen LogP) is 8.73. The van der Waals surface area contributed by atoms with Crippen molar-refractivity contribution in [3.05, 3.63) is 35.9 Å². The van der Waals surface area contributed by atoms with Crippen molar-refractivity contribution in [2.45, 2.75) is 129 Å². The largest absolute Gasteiger partial charge is 0.343 e. The van der Waals surface area contributed by atoms with Gasteiger partial charge in [0.05, 0.1) is 0 Å². The van der Waals surface area contributed by atoms with E-state index in [0.29, 0.717) is 12.3 Å². The summed E-state index contributed by atoms with van der Waals surface area (Å²) in [5.41, 5.74) is 1.26. The van der Waals surface area contributed by atoms with Gasteiger partial charge < -0.3 is 4.90 Å². The zero-order valence-corrected chi connectivity index (χ0v) is 20.9. The number of nitrogens with zero attached hydrogens (tertiary/aromatic N) is 1. The second-order valence-corrected chi connectivity index (χ2v) is 9.26. The van der Waals surface area contributed by atoms with Gasteiger partial charge in [0.25, 0.3) is 0 Å². The van der Waals surface area contributed by atoms with Crippen LogP contribution in [0.1, 0.15) is 129 Å². The highest BCUT2D eigenvalue weighted by molar-refractivity contribution is 5.76. The first-order valence-electron chi connectivity index (χ1n) is 13.6. The molecule has 1 amide bonds. The van der Waals surface area contributed by atoms with Crippen LogP contribution in [0.15, 0.2) is 30.3 Å². The average molecular weight is 430 g/mol. The fourth-order valence-corrected chi connectivity index (χ4v) is 4.36. The van der Waals surface area contributed by atoms with Gasteiger partial charge in [-0.3, -0.25) is 4.79 Å². The van der Waals surface area contributed by atoms with Crippen LogP contribution in [0.2, 0.25) is 0 Å². The number of benzene rings is 1. The first-order chi connectivity index (χ1) is 15.3. The number of aryl methyl sites for hydroxylation is 1. The van der Waals surface area contributed by atoms with Crippen molar-refractivity contribution in [1.82, 2.24) is 4.90 Å². The number of hydrogen-bond acceptors (Lipinski definition) is 1. The quantitative estimate of drug-likeness (QED) is 0.179. The zero-order chi connectivity index (χ0) is 22.4. The topological polar surface area (TPSA) is 20.3 Å². The summed E-state index contributed by atoms with van der Waals surface area (Å²) >= 11 is 0. The molecular formula is C29H51NO. The van der Waals surface area contributed by atoms with Gasteiger partial charge in [-0.25, -0.2) is 0 Å². The molecule has 2 heteroatoms. The maximum Gasteiger partial charge on any atom is 0.222 e. The molecule has 0 aliphatic rings. The zero-order valence-electron chi connectivity index (χ0n) is 20.9. The van der Waals surface area contributed by atoms with Gasteiger partial charge in [0.1, 0.15) is 0 Å². The van der Waals surface area contributed by atoms with E-state index in [4.69, 9.17) is 0 Å². The third-order valence-electron chi connectivity index (χ3n) is 6.49. The lowest BCUT2D eigenvalue weighted by Gasteiger charge is -2.21. The summed E-state index contributed by atoms with van der Waals surface area (Å²) in [6, 6.07) is 10.3. The summed E-state index contributed by atoms with van der Waals surface area (Å²) in [5, 5.41) is 0. The molecule has 0 radical (unpaired) electrons. The molecule has 0 saturated heterocycles. The minimum atomic E-state index is 0.312. The van der Waals surface area contributed by atoms with Crippen molar-refractivity contribution >= 4 is 5.91 Å². The lowest BCUT2D eigenvalue weighted by Crippen LogP contribution is -2.31. The average Bonchev–Trinajstić information content (AvgIpc) is 2.80. The van der Waals surface area contributed by atoms with Gasteiger partial charge in [-0.05, 0) is 25.3 Å². The summed E-state index contributed by atoms with van der Waals surface area (Å²) < 4.78 is 0. The molecule has 0 aliphatic heterocycles. The van der Waals surface area contributed by atoms with Gasteiger partial charge in [-0.15, -0.1) is 0 Å². The fourth-order valence-electron chi connectivity index (χ4n) is 4.36. The summed E-state index contributed by atoms with van der Waals surface area (Å²) in [6.45, 7) is 6.17. The molecule has 0 heterocycles. The Balaban J connectivity index is 1.88. The maximum atomic E-state index is 12.5. The first-order valence-corrected chi connectivity index (χ1v) is 13.6. The van der Waals surface area contributed by atoms with E-state index >= 15 is 0 Å². The van der Waals surface area contributed by atoms with Crippen LogP contribution in [0.4, 0.5) is 0 Å². The molecule has 0 N–H and O–H groups in total. The molecule has 0 unspecified atom stereocenters. The highest BCUT2D eigenvalue weighted by atomic mass is 16.2. The van der Waals surface area contributed by atoms with Crippen molar-refractivity contribution in [2.24, 2.45) is 0 Å². The maximum absolute atomic E-state index is 12.5. The van der Waals surface area contributed by atoms with E-state index in [0.717, 1.165) is 25.9 Å². The van der Waals surface area contributed by atoms with Crippen LogP contribution in [-0.2, 0) is 11.2 Å². The Kier molecular flexibility index (Phi) is 18.4. The van der Waals surface area contributed by atoms with E-state index in [-0.39, 0.29) is 0 Å². The molecule has 178 valence electrons. The molecule has 1 aromatic carbocycles. The molecule has 0 fully saturated rings. The number of rotatable bonds is 21. The summed E-state index contributed by atoms with van der Waals surface area (Å²) in [4.78, 5) is 14.5. The van der Waals surface area contributed by atoms with Gasteiger partial charge in [-0.1, -0.05) is 134 Å². The van der Waals surface area contributed by atoms with Crippen LogP contribution in [-0.4, -0.2) is 23.9 Å². The van der Waals surface area contributed by atoms with Gasteiger partial charge in [0.15, 0.2) is 0 Å². The monoisotopic (exact) mass is 429 g/mol. The van der Waals surface area contributed by atoms with Gasteiger partial charge in [0.2, 0.25) is 5.91 Å². The van der Waals surface area contributed by atoms with Gasteiger partial charge in [0, 0.05) is 19.5 Å². The van der Waals surface area contributed by atoms with E-state index in [1.54, 1.807) is 0 Å². The van der Waals surface area contributed by atoms with E-state index in [1.165, 1.54) is 102 Å². The summed E-state index contributed by atoms with van der Waals surface area (Å²) in [6.07, 6.45) is 23.7.